The van der Waals surface area contributed by atoms with Crippen molar-refractivity contribution in [2.24, 2.45) is 4.99 Å². The zero-order valence-corrected chi connectivity index (χ0v) is 19.1. The highest BCUT2D eigenvalue weighted by atomic mass is 19.3. The van der Waals surface area contributed by atoms with Crippen molar-refractivity contribution < 1.29 is 14.5 Å². The summed E-state index contributed by atoms with van der Waals surface area (Å²) in [6.07, 6.45) is -0.719. The molecule has 3 N–H and O–H groups in total. The Labute approximate surface area is 199 Å². The highest BCUT2D eigenvalue weighted by molar-refractivity contribution is 5.88. The largest absolute Gasteiger partial charge is 0.382 e. The third-order valence-corrected chi connectivity index (χ3v) is 6.77. The van der Waals surface area contributed by atoms with Crippen LogP contribution < -0.4 is 11.4 Å². The molecule has 1 saturated heterocycles. The van der Waals surface area contributed by atoms with Crippen molar-refractivity contribution in [3.8, 4) is 11.3 Å². The van der Waals surface area contributed by atoms with E-state index in [0.29, 0.717) is 52.8 Å². The summed E-state index contributed by atoms with van der Waals surface area (Å²) in [6, 6.07) is 4.94. The molecule has 2 aliphatic rings. The van der Waals surface area contributed by atoms with Gasteiger partial charge in [-0.15, -0.1) is 0 Å². The molecule has 12 heteroatoms. The Hall–Kier alpha value is -3.41. The lowest BCUT2D eigenvalue weighted by Gasteiger charge is -2.32. The minimum Gasteiger partial charge on any atom is -0.382 e. The number of piperidine rings is 1. The van der Waals surface area contributed by atoms with Gasteiger partial charge in [0.1, 0.15) is 23.0 Å². The minimum atomic E-state index is -2.55. The number of nitrogens with zero attached hydrogens (tertiary/aromatic N) is 7. The fourth-order valence-corrected chi connectivity index (χ4v) is 4.88. The van der Waals surface area contributed by atoms with E-state index in [0.717, 1.165) is 19.4 Å². The van der Waals surface area contributed by atoms with Crippen LogP contribution >= 0.6 is 0 Å². The number of nitrogen functional groups attached to an aromatic ring is 1. The average molecular weight is 487 g/mol. The number of hydrogen-bond donors (Lipinski definition) is 2. The number of hydrogen-bond acceptors (Lipinski definition) is 6. The van der Waals surface area contributed by atoms with Crippen molar-refractivity contribution in [1.82, 2.24) is 34.0 Å². The molecule has 0 bridgehead atoms. The fourth-order valence-electron chi connectivity index (χ4n) is 4.88. The first-order valence-electron chi connectivity index (χ1n) is 12.2. The first-order valence-corrected chi connectivity index (χ1v) is 11.7. The highest BCUT2D eigenvalue weighted by Gasteiger charge is 2.36. The summed E-state index contributed by atoms with van der Waals surface area (Å²) < 4.78 is 52.3. The molecule has 1 aliphatic heterocycles. The van der Waals surface area contributed by atoms with E-state index in [9.17, 15) is 13.2 Å². The Morgan fingerprint density at radius 1 is 1.23 bits per heavy atom. The van der Waals surface area contributed by atoms with Crippen LogP contribution in [0.15, 0.2) is 29.4 Å². The number of nitrogens with one attached hydrogen (secondary N) is 1. The lowest BCUT2D eigenvalue weighted by molar-refractivity contribution is 0.112. The molecule has 0 aromatic carbocycles. The van der Waals surface area contributed by atoms with Crippen LogP contribution in [0.3, 0.4) is 0 Å². The number of aryl methyl sites for hydroxylation is 1. The van der Waals surface area contributed by atoms with Gasteiger partial charge < -0.3 is 10.3 Å². The third kappa shape index (κ3) is 4.05. The van der Waals surface area contributed by atoms with Crippen LogP contribution in [0.25, 0.3) is 27.9 Å². The van der Waals surface area contributed by atoms with Gasteiger partial charge in [-0.3, -0.25) is 14.5 Å². The van der Waals surface area contributed by atoms with E-state index in [1.807, 2.05) is 0 Å². The van der Waals surface area contributed by atoms with E-state index in [4.69, 9.17) is 7.10 Å². The summed E-state index contributed by atoms with van der Waals surface area (Å²) in [7, 11) is 0. The van der Waals surface area contributed by atoms with Gasteiger partial charge in [-0.25, -0.2) is 28.1 Å². The Morgan fingerprint density at radius 2 is 2.06 bits per heavy atom. The summed E-state index contributed by atoms with van der Waals surface area (Å²) in [5.41, 5.74) is 8.62. The van der Waals surface area contributed by atoms with Crippen LogP contribution in [0.2, 0.25) is 0 Å². The number of rotatable bonds is 5. The van der Waals surface area contributed by atoms with Crippen molar-refractivity contribution in [2.75, 3.05) is 18.8 Å². The molecule has 4 aromatic heterocycles. The van der Waals surface area contributed by atoms with E-state index >= 15 is 0 Å². The molecule has 0 unspecified atom stereocenters. The molecule has 184 valence electrons. The summed E-state index contributed by atoms with van der Waals surface area (Å²) in [6.45, 7) is 2.29. The van der Waals surface area contributed by atoms with Crippen molar-refractivity contribution in [1.29, 1.82) is 0 Å². The molecule has 4 aromatic rings. The molecule has 9 nitrogen and oxygen atoms in total. The van der Waals surface area contributed by atoms with Gasteiger partial charge >= 0.3 is 0 Å². The van der Waals surface area contributed by atoms with Gasteiger partial charge in [0.2, 0.25) is 5.62 Å². The van der Waals surface area contributed by atoms with Gasteiger partial charge in [0.15, 0.2) is 11.5 Å². The number of nitrogens with two attached hydrogens (primary N) is 1. The van der Waals surface area contributed by atoms with Crippen LogP contribution in [0, 0.1) is 6.92 Å². The Kier molecular flexibility index (Phi) is 5.00. The molecule has 2 atom stereocenters. The predicted molar refractivity (Wildman–Crippen MR) is 125 cm³/mol. The van der Waals surface area contributed by atoms with Gasteiger partial charge in [-0.1, -0.05) is 0 Å². The smallest absolute Gasteiger partial charge is 0.256 e. The number of fused-ring (bicyclic) bond motifs is 2. The number of anilines is 1. The molecular formula is C23H26F3N9. The van der Waals surface area contributed by atoms with E-state index in [-0.39, 0.29) is 17.6 Å². The number of likely N-dealkylation sites (tertiary alicyclic amines) is 1. The summed E-state index contributed by atoms with van der Waals surface area (Å²) in [4.78, 5) is 19.9. The molecule has 6 rings (SSSR count). The Balaban J connectivity index is 1.38. The lowest BCUT2D eigenvalue weighted by Crippen LogP contribution is -2.45. The maximum Gasteiger partial charge on any atom is 0.256 e. The molecule has 35 heavy (non-hydrogen) atoms. The predicted octanol–water partition coefficient (Wildman–Crippen LogP) is 2.71. The number of aromatic amines is 1. The van der Waals surface area contributed by atoms with E-state index < -0.39 is 25.2 Å². The second-order valence-electron chi connectivity index (χ2n) is 9.23. The van der Waals surface area contributed by atoms with Gasteiger partial charge in [0.25, 0.3) is 6.43 Å². The summed E-state index contributed by atoms with van der Waals surface area (Å²) in [5.74, 6) is 0.541. The van der Waals surface area contributed by atoms with Crippen molar-refractivity contribution in [3.05, 3.63) is 35.8 Å². The first-order chi connectivity index (χ1) is 17.3. The van der Waals surface area contributed by atoms with Crippen LogP contribution in [0.4, 0.5) is 19.0 Å². The zero-order chi connectivity index (χ0) is 25.1. The van der Waals surface area contributed by atoms with Crippen LogP contribution in [0.5, 0.6) is 0 Å². The van der Waals surface area contributed by atoms with E-state index in [1.54, 1.807) is 25.1 Å². The van der Waals surface area contributed by atoms with Gasteiger partial charge in [0, 0.05) is 30.9 Å². The van der Waals surface area contributed by atoms with E-state index in [1.165, 1.54) is 9.08 Å². The topological polar surface area (TPSA) is 105 Å². The molecule has 2 fully saturated rings. The zero-order valence-electron chi connectivity index (χ0n) is 20.1. The number of alkyl halides is 3. The molecule has 1 aliphatic carbocycles. The average Bonchev–Trinajstić information content (AvgIpc) is 3.57. The molecule has 0 radical (unpaired) electrons. The summed E-state index contributed by atoms with van der Waals surface area (Å²) in [5, 5.41) is 2.97. The Morgan fingerprint density at radius 3 is 2.80 bits per heavy atom. The first kappa shape index (κ1) is 20.9. The van der Waals surface area contributed by atoms with Gasteiger partial charge in [0.05, 0.1) is 19.7 Å². The maximum absolute atomic E-state index is 14.8. The SMILES string of the molecule is [2H]c1cc(-c2ccc3nc(C)n(CC(F)F)c3n2)c2c(N)nc(=N[C@H]3CCN(C4CC4)C[C@H]3F)[nH]n12. The number of pyridine rings is 1. The van der Waals surface area contributed by atoms with Crippen LogP contribution in [-0.2, 0) is 6.54 Å². The van der Waals surface area contributed by atoms with Crippen molar-refractivity contribution >= 4 is 22.5 Å². The number of imidazole rings is 1. The summed E-state index contributed by atoms with van der Waals surface area (Å²) >= 11 is 0. The van der Waals surface area contributed by atoms with Crippen LogP contribution in [0.1, 0.15) is 26.5 Å². The minimum absolute atomic E-state index is 0.0741. The normalized spacial score (nSPS) is 22.5. The Bertz CT molecular complexity index is 1520. The van der Waals surface area contributed by atoms with Gasteiger partial charge in [-0.2, -0.15) is 4.98 Å². The standard InChI is InChI=1S/C23H26F3N9/c1-12-28-18-5-4-16(29-22(18)34(12)11-19(25)26)14-6-9-35-20(14)21(27)31-23(32-35)30-17-7-8-33(10-15(17)24)13-2-3-13/h4-6,9,13,15,17,19H,2-3,7-8,10-11H2,1H3,(H3,27,30,31,32)/t15-,17+/m1/s1/i9D. The highest BCUT2D eigenvalue weighted by Crippen LogP contribution is 2.31. The molecule has 1 saturated carbocycles. The van der Waals surface area contributed by atoms with Crippen LogP contribution in [-0.4, -0.2) is 71.8 Å². The van der Waals surface area contributed by atoms with Crippen molar-refractivity contribution in [2.45, 2.75) is 57.4 Å². The maximum atomic E-state index is 14.8. The number of halogens is 3. The van der Waals surface area contributed by atoms with Crippen molar-refractivity contribution in [3.63, 3.8) is 0 Å². The monoisotopic (exact) mass is 486 g/mol. The third-order valence-electron chi connectivity index (χ3n) is 6.77. The van der Waals surface area contributed by atoms with E-state index in [2.05, 4.69) is 29.9 Å². The molecular weight excluding hydrogens is 459 g/mol. The molecule has 5 heterocycles. The molecule has 0 spiro atoms. The molecule has 0 amide bonds. The second kappa shape index (κ2) is 8.36. The number of H-pyrrole nitrogens is 1. The fraction of sp³-hybridized carbons (Fsp3) is 0.478. The quantitative estimate of drug-likeness (QED) is 0.451. The van der Waals surface area contributed by atoms with Gasteiger partial charge in [-0.05, 0) is 44.4 Å². The second-order valence-corrected chi connectivity index (χ2v) is 9.23. The lowest BCUT2D eigenvalue weighted by atomic mass is 10.0. The number of aromatic nitrogens is 6.